The monoisotopic (exact) mass is 220 g/mol. The molecule has 0 saturated carbocycles. The normalized spacial score (nSPS) is 11.0. The van der Waals surface area contributed by atoms with Crippen LogP contribution in [0.25, 0.3) is 0 Å². The van der Waals surface area contributed by atoms with Crippen molar-refractivity contribution < 1.29 is 14.3 Å². The summed E-state index contributed by atoms with van der Waals surface area (Å²) in [5.41, 5.74) is 0.398. The summed E-state index contributed by atoms with van der Waals surface area (Å²) >= 11 is 0. The smallest absolute Gasteiger partial charge is 0.338 e. The second-order valence-corrected chi connectivity index (χ2v) is 4.64. The second-order valence-electron chi connectivity index (χ2n) is 4.64. The van der Waals surface area contributed by atoms with Crippen LogP contribution in [0.3, 0.4) is 0 Å². The SMILES string of the molecule is CC(=O)c1cccc(C(=O)OC(C)(C)C)c1. The molecule has 1 aromatic rings. The fourth-order valence-electron chi connectivity index (χ4n) is 1.20. The third kappa shape index (κ3) is 3.50. The topological polar surface area (TPSA) is 43.4 Å². The van der Waals surface area contributed by atoms with Crippen molar-refractivity contribution in [2.75, 3.05) is 0 Å². The predicted molar refractivity (Wildman–Crippen MR) is 61.6 cm³/mol. The minimum absolute atomic E-state index is 0.0644. The standard InChI is InChI=1S/C13H16O3/c1-9(14)10-6-5-7-11(8-10)12(15)16-13(2,3)4/h5-8H,1-4H3. The summed E-state index contributed by atoms with van der Waals surface area (Å²) in [5.74, 6) is -0.471. The first-order chi connectivity index (χ1) is 7.29. The second kappa shape index (κ2) is 4.47. The van der Waals surface area contributed by atoms with E-state index in [0.717, 1.165) is 0 Å². The zero-order chi connectivity index (χ0) is 12.3. The van der Waals surface area contributed by atoms with Gasteiger partial charge in [0.25, 0.3) is 0 Å². The van der Waals surface area contributed by atoms with E-state index in [1.54, 1.807) is 45.0 Å². The zero-order valence-corrected chi connectivity index (χ0v) is 10.0. The van der Waals surface area contributed by atoms with Crippen molar-refractivity contribution >= 4 is 11.8 Å². The molecule has 0 aromatic heterocycles. The molecule has 0 unspecified atom stereocenters. The number of ether oxygens (including phenoxy) is 1. The van der Waals surface area contributed by atoms with Crippen LogP contribution in [0.2, 0.25) is 0 Å². The number of esters is 1. The Morgan fingerprint density at radius 2 is 1.69 bits per heavy atom. The Hall–Kier alpha value is -1.64. The lowest BCUT2D eigenvalue weighted by molar-refractivity contribution is 0.00695. The summed E-state index contributed by atoms with van der Waals surface area (Å²) in [6, 6.07) is 6.54. The van der Waals surface area contributed by atoms with Gasteiger partial charge in [0.2, 0.25) is 0 Å². The highest BCUT2D eigenvalue weighted by Crippen LogP contribution is 2.13. The van der Waals surface area contributed by atoms with Crippen LogP contribution < -0.4 is 0 Å². The molecule has 3 heteroatoms. The fourth-order valence-corrected chi connectivity index (χ4v) is 1.20. The Kier molecular flexibility index (Phi) is 3.48. The molecule has 0 heterocycles. The van der Waals surface area contributed by atoms with E-state index in [4.69, 9.17) is 4.74 Å². The number of hydrogen-bond acceptors (Lipinski definition) is 3. The maximum absolute atomic E-state index is 11.7. The van der Waals surface area contributed by atoms with Crippen molar-refractivity contribution in [1.82, 2.24) is 0 Å². The van der Waals surface area contributed by atoms with Crippen LogP contribution in [0.5, 0.6) is 0 Å². The molecule has 0 amide bonds. The van der Waals surface area contributed by atoms with E-state index in [0.29, 0.717) is 11.1 Å². The molecule has 0 N–H and O–H groups in total. The van der Waals surface area contributed by atoms with Crippen molar-refractivity contribution in [2.45, 2.75) is 33.3 Å². The molecule has 0 aliphatic heterocycles. The molecule has 0 radical (unpaired) electrons. The number of carbonyl (C=O) groups excluding carboxylic acids is 2. The van der Waals surface area contributed by atoms with Gasteiger partial charge in [0.1, 0.15) is 5.60 Å². The molecule has 1 aromatic carbocycles. The molecule has 0 bridgehead atoms. The van der Waals surface area contributed by atoms with Crippen LogP contribution in [-0.2, 0) is 4.74 Å². The van der Waals surface area contributed by atoms with Gasteiger partial charge in [-0.25, -0.2) is 4.79 Å². The van der Waals surface area contributed by atoms with Gasteiger partial charge >= 0.3 is 5.97 Å². The molecule has 0 saturated heterocycles. The van der Waals surface area contributed by atoms with Crippen LogP contribution in [0, 0.1) is 0 Å². The van der Waals surface area contributed by atoms with Gasteiger partial charge in [0, 0.05) is 5.56 Å². The van der Waals surface area contributed by atoms with Gasteiger partial charge in [-0.3, -0.25) is 4.79 Å². The van der Waals surface area contributed by atoms with Gasteiger partial charge in [-0.15, -0.1) is 0 Å². The Labute approximate surface area is 95.4 Å². The average Bonchev–Trinajstić information content (AvgIpc) is 2.15. The molecule has 0 aliphatic carbocycles. The molecular weight excluding hydrogens is 204 g/mol. The van der Waals surface area contributed by atoms with Gasteiger partial charge < -0.3 is 4.74 Å². The lowest BCUT2D eigenvalue weighted by Crippen LogP contribution is -2.24. The summed E-state index contributed by atoms with van der Waals surface area (Å²) in [6.07, 6.45) is 0. The minimum Gasteiger partial charge on any atom is -0.456 e. The van der Waals surface area contributed by atoms with E-state index in [1.807, 2.05) is 0 Å². The van der Waals surface area contributed by atoms with Gasteiger partial charge in [0.05, 0.1) is 5.56 Å². The zero-order valence-electron chi connectivity index (χ0n) is 10.0. The summed E-state index contributed by atoms with van der Waals surface area (Å²) in [6.45, 7) is 6.88. The van der Waals surface area contributed by atoms with Crippen LogP contribution in [0.4, 0.5) is 0 Å². The van der Waals surface area contributed by atoms with E-state index in [1.165, 1.54) is 6.92 Å². The lowest BCUT2D eigenvalue weighted by atomic mass is 10.1. The Morgan fingerprint density at radius 1 is 1.12 bits per heavy atom. The molecule has 0 aliphatic rings. The van der Waals surface area contributed by atoms with E-state index < -0.39 is 11.6 Å². The quantitative estimate of drug-likeness (QED) is 0.568. The lowest BCUT2D eigenvalue weighted by Gasteiger charge is -2.19. The number of ketones is 1. The third-order valence-electron chi connectivity index (χ3n) is 1.90. The Balaban J connectivity index is 2.92. The van der Waals surface area contributed by atoms with Gasteiger partial charge in [-0.2, -0.15) is 0 Å². The van der Waals surface area contributed by atoms with Crippen molar-refractivity contribution in [3.8, 4) is 0 Å². The van der Waals surface area contributed by atoms with Crippen LogP contribution in [-0.4, -0.2) is 17.4 Å². The molecular formula is C13H16O3. The number of benzene rings is 1. The number of hydrogen-bond donors (Lipinski definition) is 0. The van der Waals surface area contributed by atoms with Gasteiger partial charge in [-0.05, 0) is 39.8 Å². The first-order valence-corrected chi connectivity index (χ1v) is 5.14. The van der Waals surface area contributed by atoms with Crippen molar-refractivity contribution in [1.29, 1.82) is 0 Å². The van der Waals surface area contributed by atoms with Crippen LogP contribution in [0.15, 0.2) is 24.3 Å². The predicted octanol–water partition coefficient (Wildman–Crippen LogP) is 2.84. The highest BCUT2D eigenvalue weighted by molar-refractivity contribution is 5.97. The molecule has 86 valence electrons. The molecule has 3 nitrogen and oxygen atoms in total. The van der Waals surface area contributed by atoms with Crippen molar-refractivity contribution in [3.63, 3.8) is 0 Å². The number of Topliss-reactive ketones (excluding diaryl/α,β-unsaturated/α-hetero) is 1. The van der Waals surface area contributed by atoms with Crippen molar-refractivity contribution in [2.24, 2.45) is 0 Å². The van der Waals surface area contributed by atoms with Crippen LogP contribution >= 0.6 is 0 Å². The average molecular weight is 220 g/mol. The highest BCUT2D eigenvalue weighted by Gasteiger charge is 2.18. The van der Waals surface area contributed by atoms with Crippen LogP contribution in [0.1, 0.15) is 48.4 Å². The minimum atomic E-state index is -0.524. The van der Waals surface area contributed by atoms with Crippen molar-refractivity contribution in [3.05, 3.63) is 35.4 Å². The molecule has 1 rings (SSSR count). The fraction of sp³-hybridized carbons (Fsp3) is 0.385. The molecule has 0 spiro atoms. The largest absolute Gasteiger partial charge is 0.456 e. The molecule has 16 heavy (non-hydrogen) atoms. The van der Waals surface area contributed by atoms with Gasteiger partial charge in [0.15, 0.2) is 5.78 Å². The number of carbonyl (C=O) groups is 2. The first-order valence-electron chi connectivity index (χ1n) is 5.14. The van der Waals surface area contributed by atoms with E-state index >= 15 is 0 Å². The number of rotatable bonds is 2. The highest BCUT2D eigenvalue weighted by atomic mass is 16.6. The maximum Gasteiger partial charge on any atom is 0.338 e. The van der Waals surface area contributed by atoms with E-state index in [9.17, 15) is 9.59 Å². The van der Waals surface area contributed by atoms with E-state index in [-0.39, 0.29) is 5.78 Å². The molecule has 0 atom stereocenters. The van der Waals surface area contributed by atoms with Gasteiger partial charge in [-0.1, -0.05) is 12.1 Å². The Morgan fingerprint density at radius 3 is 2.19 bits per heavy atom. The molecule has 0 fully saturated rings. The summed E-state index contributed by atoms with van der Waals surface area (Å²) in [4.78, 5) is 22.9. The Bertz CT molecular complexity index is 413. The third-order valence-corrected chi connectivity index (χ3v) is 1.90. The summed E-state index contributed by atoms with van der Waals surface area (Å²) in [5, 5.41) is 0. The summed E-state index contributed by atoms with van der Waals surface area (Å²) in [7, 11) is 0. The summed E-state index contributed by atoms with van der Waals surface area (Å²) < 4.78 is 5.21. The van der Waals surface area contributed by atoms with E-state index in [2.05, 4.69) is 0 Å². The maximum atomic E-state index is 11.7. The first kappa shape index (κ1) is 12.4.